The van der Waals surface area contributed by atoms with Crippen molar-refractivity contribution in [3.05, 3.63) is 29.6 Å². The molecule has 168 valence electrons. The first-order valence-electron chi connectivity index (χ1n) is 11.9. The molecule has 2 aliphatic heterocycles. The Morgan fingerprint density at radius 2 is 1.84 bits per heavy atom. The van der Waals surface area contributed by atoms with Crippen LogP contribution in [0.15, 0.2) is 18.2 Å². The second-order valence-corrected chi connectivity index (χ2v) is 9.50. The van der Waals surface area contributed by atoms with Crippen molar-refractivity contribution in [1.82, 2.24) is 10.2 Å². The van der Waals surface area contributed by atoms with Crippen molar-refractivity contribution in [1.29, 1.82) is 0 Å². The van der Waals surface area contributed by atoms with Gasteiger partial charge in [-0.1, -0.05) is 6.42 Å². The average molecular weight is 430 g/mol. The fourth-order valence-electron chi connectivity index (χ4n) is 6.64. The molecule has 0 spiro atoms. The number of likely N-dealkylation sites (tertiary alicyclic amines) is 1. The van der Waals surface area contributed by atoms with E-state index < -0.39 is 18.0 Å². The predicted molar refractivity (Wildman–Crippen MR) is 115 cm³/mol. The monoisotopic (exact) mass is 429 g/mol. The number of hydrogen-bond acceptors (Lipinski definition) is 4. The summed E-state index contributed by atoms with van der Waals surface area (Å²) in [6, 6.07) is 4.33. The number of rotatable bonds is 4. The maximum absolute atomic E-state index is 14.0. The van der Waals surface area contributed by atoms with E-state index in [0.29, 0.717) is 11.3 Å². The van der Waals surface area contributed by atoms with Crippen LogP contribution in [-0.4, -0.2) is 48.7 Å². The highest BCUT2D eigenvalue weighted by atomic mass is 19.1. The highest BCUT2D eigenvalue weighted by Gasteiger charge is 2.46. The lowest BCUT2D eigenvalue weighted by molar-refractivity contribution is -0.120. The van der Waals surface area contributed by atoms with Crippen LogP contribution in [0.4, 0.5) is 14.9 Å². The molecule has 2 aliphatic carbocycles. The number of fused-ring (bicyclic) bond motifs is 3. The Kier molecular flexibility index (Phi) is 5.63. The second kappa shape index (κ2) is 8.41. The number of ether oxygens (including phenoxy) is 1. The van der Waals surface area contributed by atoms with Gasteiger partial charge >= 0.3 is 6.09 Å². The van der Waals surface area contributed by atoms with E-state index in [2.05, 4.69) is 10.2 Å². The molecule has 2 bridgehead atoms. The van der Waals surface area contributed by atoms with E-state index >= 15 is 0 Å². The third-order valence-electron chi connectivity index (χ3n) is 7.89. The van der Waals surface area contributed by atoms with Crippen molar-refractivity contribution in [2.24, 2.45) is 11.8 Å². The number of carbonyl (C=O) groups excluding carboxylic acids is 2. The Hall–Kier alpha value is -2.15. The predicted octanol–water partition coefficient (Wildman–Crippen LogP) is 4.00. The lowest BCUT2D eigenvalue weighted by atomic mass is 9.82. The highest BCUT2D eigenvalue weighted by Crippen LogP contribution is 2.46. The molecule has 2 amide bonds. The van der Waals surface area contributed by atoms with Gasteiger partial charge in [0, 0.05) is 30.7 Å². The Balaban J connectivity index is 1.31. The van der Waals surface area contributed by atoms with Gasteiger partial charge < -0.3 is 15.0 Å². The van der Waals surface area contributed by atoms with Crippen LogP contribution in [0.25, 0.3) is 0 Å². The minimum absolute atomic E-state index is 0.0724. The summed E-state index contributed by atoms with van der Waals surface area (Å²) in [5.41, 5.74) is 1.23. The minimum atomic E-state index is -0.892. The van der Waals surface area contributed by atoms with Crippen molar-refractivity contribution < 1.29 is 18.7 Å². The van der Waals surface area contributed by atoms with Gasteiger partial charge in [0.25, 0.3) is 5.91 Å². The molecule has 5 rings (SSSR count). The number of benzene rings is 1. The molecule has 3 fully saturated rings. The van der Waals surface area contributed by atoms with Gasteiger partial charge in [-0.15, -0.1) is 0 Å². The molecule has 4 aliphatic rings. The highest BCUT2D eigenvalue weighted by molar-refractivity contribution is 6.06. The van der Waals surface area contributed by atoms with E-state index in [0.717, 1.165) is 43.8 Å². The first-order chi connectivity index (χ1) is 15.1. The maximum atomic E-state index is 14.0. The van der Waals surface area contributed by atoms with E-state index in [1.807, 2.05) is 0 Å². The molecular formula is C24H32FN3O3. The summed E-state index contributed by atoms with van der Waals surface area (Å²) >= 11 is 0. The van der Waals surface area contributed by atoms with Crippen molar-refractivity contribution in [3.63, 3.8) is 0 Å². The largest absolute Gasteiger partial charge is 0.450 e. The average Bonchev–Trinajstić information content (AvgIpc) is 3.17. The number of piperidine rings is 1. The molecular weight excluding hydrogens is 397 g/mol. The standard InChI is InChI=1S/C24H32FN3O3/c1-2-31-24(30)26-21-19-14-17(25)8-9-20(19)28(23(21)29)18-10-12-27(13-11-18)22-15-4-3-5-16(22)7-6-15/h8-9,14-16,18,21-22H,2-7,10-13H2,1H3,(H,26,30). The van der Waals surface area contributed by atoms with E-state index in [9.17, 15) is 14.0 Å². The lowest BCUT2D eigenvalue weighted by Gasteiger charge is -2.44. The zero-order valence-electron chi connectivity index (χ0n) is 18.2. The van der Waals surface area contributed by atoms with Crippen LogP contribution in [0, 0.1) is 17.7 Å². The molecule has 31 heavy (non-hydrogen) atoms. The molecule has 1 aromatic rings. The van der Waals surface area contributed by atoms with Crippen LogP contribution in [0.2, 0.25) is 0 Å². The van der Waals surface area contributed by atoms with Crippen LogP contribution >= 0.6 is 0 Å². The van der Waals surface area contributed by atoms with Crippen molar-refractivity contribution >= 4 is 17.7 Å². The fourth-order valence-corrected chi connectivity index (χ4v) is 6.64. The quantitative estimate of drug-likeness (QED) is 0.786. The van der Waals surface area contributed by atoms with Gasteiger partial charge in [-0.05, 0) is 75.5 Å². The Morgan fingerprint density at radius 1 is 1.13 bits per heavy atom. The van der Waals surface area contributed by atoms with E-state index in [-0.39, 0.29) is 18.6 Å². The fraction of sp³-hybridized carbons (Fsp3) is 0.667. The van der Waals surface area contributed by atoms with Crippen molar-refractivity contribution in [2.45, 2.75) is 70.0 Å². The summed E-state index contributed by atoms with van der Waals surface area (Å²) < 4.78 is 18.9. The topological polar surface area (TPSA) is 61.9 Å². The molecule has 6 nitrogen and oxygen atoms in total. The molecule has 1 N–H and O–H groups in total. The number of carbonyl (C=O) groups is 2. The van der Waals surface area contributed by atoms with Crippen molar-refractivity contribution in [3.8, 4) is 0 Å². The molecule has 0 radical (unpaired) electrons. The third kappa shape index (κ3) is 3.71. The van der Waals surface area contributed by atoms with E-state index in [1.54, 1.807) is 17.9 Å². The van der Waals surface area contributed by atoms with Gasteiger partial charge in [-0.2, -0.15) is 0 Å². The van der Waals surface area contributed by atoms with Crippen LogP contribution in [0.5, 0.6) is 0 Å². The zero-order valence-corrected chi connectivity index (χ0v) is 18.2. The summed E-state index contributed by atoms with van der Waals surface area (Å²) in [5.74, 6) is 1.10. The number of halogens is 1. The first kappa shape index (κ1) is 20.7. The SMILES string of the molecule is CCOC(=O)NC1C(=O)N(C2CCN(C3C4CCCC3CC4)CC2)c2ccc(F)cc21. The van der Waals surface area contributed by atoms with Gasteiger partial charge in [0.2, 0.25) is 0 Å². The molecule has 1 saturated heterocycles. The summed E-state index contributed by atoms with van der Waals surface area (Å²) in [7, 11) is 0. The number of anilines is 1. The van der Waals surface area contributed by atoms with E-state index in [4.69, 9.17) is 4.74 Å². The van der Waals surface area contributed by atoms with E-state index in [1.165, 1.54) is 44.2 Å². The molecule has 0 aromatic heterocycles. The molecule has 3 unspecified atom stereocenters. The number of alkyl carbamates (subject to hydrolysis) is 1. The molecule has 3 atom stereocenters. The maximum Gasteiger partial charge on any atom is 0.408 e. The van der Waals surface area contributed by atoms with Crippen LogP contribution in [-0.2, 0) is 9.53 Å². The zero-order chi connectivity index (χ0) is 21.5. The summed E-state index contributed by atoms with van der Waals surface area (Å²) in [4.78, 5) is 29.8. The molecule has 2 saturated carbocycles. The normalized spacial score (nSPS) is 31.0. The van der Waals surface area contributed by atoms with Gasteiger partial charge in [0.15, 0.2) is 0 Å². The molecule has 1 aromatic carbocycles. The second-order valence-electron chi connectivity index (χ2n) is 9.50. The van der Waals surface area contributed by atoms with Crippen LogP contribution in [0.1, 0.15) is 63.5 Å². The number of nitrogens with zero attached hydrogens (tertiary/aromatic N) is 2. The minimum Gasteiger partial charge on any atom is -0.450 e. The summed E-state index contributed by atoms with van der Waals surface area (Å²) in [5, 5.41) is 2.63. The van der Waals surface area contributed by atoms with Gasteiger partial charge in [0.1, 0.15) is 11.9 Å². The van der Waals surface area contributed by atoms with Crippen LogP contribution in [0.3, 0.4) is 0 Å². The number of nitrogens with one attached hydrogen (secondary N) is 1. The van der Waals surface area contributed by atoms with Crippen molar-refractivity contribution in [2.75, 3.05) is 24.6 Å². The third-order valence-corrected chi connectivity index (χ3v) is 7.89. The smallest absolute Gasteiger partial charge is 0.408 e. The van der Waals surface area contributed by atoms with Gasteiger partial charge in [-0.25, -0.2) is 9.18 Å². The Morgan fingerprint density at radius 3 is 2.52 bits per heavy atom. The number of amides is 2. The lowest BCUT2D eigenvalue weighted by Crippen LogP contribution is -2.52. The molecule has 7 heteroatoms. The summed E-state index contributed by atoms with van der Waals surface area (Å²) in [6.07, 6.45) is 8.03. The Bertz CT molecular complexity index is 838. The summed E-state index contributed by atoms with van der Waals surface area (Å²) in [6.45, 7) is 3.92. The van der Waals surface area contributed by atoms with Gasteiger partial charge in [0.05, 0.1) is 12.3 Å². The van der Waals surface area contributed by atoms with Gasteiger partial charge in [-0.3, -0.25) is 9.69 Å². The first-order valence-corrected chi connectivity index (χ1v) is 11.9. The van der Waals surface area contributed by atoms with Crippen LogP contribution < -0.4 is 10.2 Å². The molecule has 2 heterocycles. The number of hydrogen-bond donors (Lipinski definition) is 1. The Labute approximate surface area is 183 Å².